The van der Waals surface area contributed by atoms with Gasteiger partial charge in [-0.05, 0) is 31.0 Å². The lowest BCUT2D eigenvalue weighted by atomic mass is 10.0. The Kier molecular flexibility index (Phi) is 3.33. The number of nitrogens with zero attached hydrogens (tertiary/aromatic N) is 1. The molecule has 0 aliphatic heterocycles. The number of fused-ring (bicyclic) bond motifs is 1. The summed E-state index contributed by atoms with van der Waals surface area (Å²) in [6, 6.07) is 1.42. The molecular formula is C11H11NO6S2. The summed E-state index contributed by atoms with van der Waals surface area (Å²) in [7, 11) is -9.12. The second kappa shape index (κ2) is 4.48. The Hall–Kier alpha value is -1.55. The van der Waals surface area contributed by atoms with E-state index in [0.29, 0.717) is 5.56 Å². The molecule has 1 aromatic carbocycles. The van der Waals surface area contributed by atoms with E-state index >= 15 is 0 Å². The molecule has 0 aliphatic carbocycles. The molecule has 0 atom stereocenters. The van der Waals surface area contributed by atoms with Gasteiger partial charge in [0.1, 0.15) is 9.79 Å². The number of hydrogen-bond donors (Lipinski definition) is 2. The summed E-state index contributed by atoms with van der Waals surface area (Å²) < 4.78 is 64.1. The normalized spacial score (nSPS) is 12.8. The molecule has 1 aromatic heterocycles. The van der Waals surface area contributed by atoms with Gasteiger partial charge >= 0.3 is 0 Å². The molecule has 20 heavy (non-hydrogen) atoms. The Morgan fingerprint density at radius 3 is 2.05 bits per heavy atom. The van der Waals surface area contributed by atoms with Crippen molar-refractivity contribution in [3.63, 3.8) is 0 Å². The van der Waals surface area contributed by atoms with Crippen LogP contribution >= 0.6 is 0 Å². The van der Waals surface area contributed by atoms with Gasteiger partial charge in [-0.25, -0.2) is 0 Å². The van der Waals surface area contributed by atoms with Crippen LogP contribution in [0.2, 0.25) is 0 Å². The van der Waals surface area contributed by atoms with E-state index in [1.807, 2.05) is 0 Å². The second-order valence-electron chi connectivity index (χ2n) is 4.33. The molecule has 0 bridgehead atoms. The summed E-state index contributed by atoms with van der Waals surface area (Å²) in [5.74, 6) is 0. The van der Waals surface area contributed by atoms with Gasteiger partial charge in [-0.15, -0.1) is 0 Å². The first kappa shape index (κ1) is 14.9. The van der Waals surface area contributed by atoms with Crippen molar-refractivity contribution in [2.24, 2.45) is 0 Å². The molecule has 7 nitrogen and oxygen atoms in total. The Balaban J connectivity index is 3.15. The van der Waals surface area contributed by atoms with Crippen molar-refractivity contribution < 1.29 is 25.9 Å². The van der Waals surface area contributed by atoms with Crippen LogP contribution in [0.1, 0.15) is 11.1 Å². The van der Waals surface area contributed by atoms with Crippen molar-refractivity contribution in [1.29, 1.82) is 0 Å². The third-order valence-electron chi connectivity index (χ3n) is 3.02. The van der Waals surface area contributed by atoms with Crippen LogP contribution in [0.15, 0.2) is 28.3 Å². The summed E-state index contributed by atoms with van der Waals surface area (Å²) >= 11 is 0. The largest absolute Gasteiger partial charge is 0.296 e. The first-order valence-electron chi connectivity index (χ1n) is 5.36. The molecule has 0 saturated heterocycles. The minimum Gasteiger partial charge on any atom is -0.282 e. The molecule has 0 saturated carbocycles. The van der Waals surface area contributed by atoms with Crippen molar-refractivity contribution >= 4 is 31.0 Å². The Bertz CT molecular complexity index is 916. The van der Waals surface area contributed by atoms with Crippen LogP contribution in [0.3, 0.4) is 0 Å². The van der Waals surface area contributed by atoms with Crippen molar-refractivity contribution in [3.8, 4) is 0 Å². The highest BCUT2D eigenvalue weighted by molar-refractivity contribution is 7.86. The summed E-state index contributed by atoms with van der Waals surface area (Å²) in [6.45, 7) is 3.05. The predicted octanol–water partition coefficient (Wildman–Crippen LogP) is 1.35. The van der Waals surface area contributed by atoms with Crippen LogP contribution in [0.4, 0.5) is 0 Å². The summed E-state index contributed by atoms with van der Waals surface area (Å²) in [6.07, 6.45) is 2.04. The minimum absolute atomic E-state index is 0.0155. The van der Waals surface area contributed by atoms with Crippen LogP contribution in [0, 0.1) is 13.8 Å². The van der Waals surface area contributed by atoms with Crippen LogP contribution in [0.25, 0.3) is 10.8 Å². The van der Waals surface area contributed by atoms with E-state index < -0.39 is 30.0 Å². The van der Waals surface area contributed by atoms with Gasteiger partial charge in [0.05, 0.1) is 0 Å². The number of pyridine rings is 1. The second-order valence-corrected chi connectivity index (χ2v) is 7.08. The smallest absolute Gasteiger partial charge is 0.282 e. The molecule has 0 unspecified atom stereocenters. The third kappa shape index (κ3) is 2.40. The van der Waals surface area contributed by atoms with Gasteiger partial charge in [-0.2, -0.15) is 16.8 Å². The van der Waals surface area contributed by atoms with Gasteiger partial charge in [0, 0.05) is 23.2 Å². The number of aromatic nitrogens is 1. The molecule has 108 valence electrons. The topological polar surface area (TPSA) is 122 Å². The van der Waals surface area contributed by atoms with Crippen molar-refractivity contribution in [3.05, 3.63) is 29.6 Å². The van der Waals surface area contributed by atoms with Gasteiger partial charge in [0.25, 0.3) is 20.2 Å². The van der Waals surface area contributed by atoms with Crippen molar-refractivity contribution in [2.75, 3.05) is 0 Å². The number of aryl methyl sites for hydroxylation is 1. The molecular weight excluding hydrogens is 306 g/mol. The standard InChI is InChI=1S/C11H11NO6S2/c1-6-3-8-9(11(7(6)2)20(16,17)18)4-12-5-10(8)19(13,14)15/h3-5H,1-2H3,(H,13,14,15)(H,16,17,18). The molecule has 0 aliphatic rings. The molecule has 9 heteroatoms. The zero-order valence-electron chi connectivity index (χ0n) is 10.5. The van der Waals surface area contributed by atoms with Crippen LogP contribution < -0.4 is 0 Å². The Morgan fingerprint density at radius 2 is 1.55 bits per heavy atom. The van der Waals surface area contributed by atoms with Crippen LogP contribution in [-0.4, -0.2) is 30.9 Å². The van der Waals surface area contributed by atoms with E-state index in [0.717, 1.165) is 12.4 Å². The lowest BCUT2D eigenvalue weighted by Gasteiger charge is -2.12. The fourth-order valence-corrected chi connectivity index (χ4v) is 3.65. The van der Waals surface area contributed by atoms with E-state index in [1.54, 1.807) is 6.92 Å². The molecule has 2 rings (SSSR count). The fraction of sp³-hybridized carbons (Fsp3) is 0.182. The third-order valence-corrected chi connectivity index (χ3v) is 4.95. The fourth-order valence-electron chi connectivity index (χ4n) is 2.02. The van der Waals surface area contributed by atoms with Crippen molar-refractivity contribution in [2.45, 2.75) is 23.6 Å². The quantitative estimate of drug-likeness (QED) is 0.801. The average Bonchev–Trinajstić information content (AvgIpc) is 2.26. The van der Waals surface area contributed by atoms with Gasteiger partial charge in [0.15, 0.2) is 0 Å². The molecule has 2 aromatic rings. The number of rotatable bonds is 2. The van der Waals surface area contributed by atoms with E-state index in [2.05, 4.69) is 4.98 Å². The van der Waals surface area contributed by atoms with Gasteiger partial charge in [-0.1, -0.05) is 0 Å². The van der Waals surface area contributed by atoms with Crippen LogP contribution in [-0.2, 0) is 20.2 Å². The average molecular weight is 317 g/mol. The molecule has 0 fully saturated rings. The first-order valence-corrected chi connectivity index (χ1v) is 8.24. The number of benzene rings is 1. The maximum absolute atomic E-state index is 11.5. The maximum atomic E-state index is 11.5. The highest BCUT2D eigenvalue weighted by Gasteiger charge is 2.23. The van der Waals surface area contributed by atoms with E-state index in [-0.39, 0.29) is 16.3 Å². The lowest BCUT2D eigenvalue weighted by Crippen LogP contribution is -2.07. The SMILES string of the molecule is Cc1cc2c(S(=O)(=O)O)cncc2c(S(=O)(=O)O)c1C. The van der Waals surface area contributed by atoms with E-state index in [9.17, 15) is 21.4 Å². The van der Waals surface area contributed by atoms with Gasteiger partial charge in [0.2, 0.25) is 0 Å². The Morgan fingerprint density at radius 1 is 0.950 bits per heavy atom. The first-order chi connectivity index (χ1) is 9.03. The van der Waals surface area contributed by atoms with Gasteiger partial charge < -0.3 is 0 Å². The zero-order valence-corrected chi connectivity index (χ0v) is 12.2. The summed E-state index contributed by atoms with van der Waals surface area (Å²) in [5.41, 5.74) is 0.746. The lowest BCUT2D eigenvalue weighted by molar-refractivity contribution is 0.480. The molecule has 0 spiro atoms. The molecule has 0 amide bonds. The number of hydrogen-bond acceptors (Lipinski definition) is 5. The molecule has 2 N–H and O–H groups in total. The Labute approximate surface area is 115 Å². The zero-order chi connectivity index (χ0) is 15.3. The minimum atomic E-state index is -4.56. The summed E-state index contributed by atoms with van der Waals surface area (Å²) in [4.78, 5) is 2.69. The van der Waals surface area contributed by atoms with Gasteiger partial charge in [-0.3, -0.25) is 14.1 Å². The van der Waals surface area contributed by atoms with Crippen LogP contribution in [0.5, 0.6) is 0 Å². The highest BCUT2D eigenvalue weighted by Crippen LogP contribution is 2.31. The highest BCUT2D eigenvalue weighted by atomic mass is 32.2. The van der Waals surface area contributed by atoms with E-state index in [1.165, 1.54) is 13.0 Å². The predicted molar refractivity (Wildman–Crippen MR) is 70.8 cm³/mol. The maximum Gasteiger partial charge on any atom is 0.296 e. The van der Waals surface area contributed by atoms with Crippen molar-refractivity contribution in [1.82, 2.24) is 4.98 Å². The summed E-state index contributed by atoms with van der Waals surface area (Å²) in [5, 5.41) is -0.0797. The monoisotopic (exact) mass is 317 g/mol. The molecule has 0 radical (unpaired) electrons. The van der Waals surface area contributed by atoms with E-state index in [4.69, 9.17) is 4.55 Å². The molecule has 1 heterocycles.